The molecule has 20 heavy (non-hydrogen) atoms. The second kappa shape index (κ2) is 4.78. The van der Waals surface area contributed by atoms with Crippen LogP contribution in [0.1, 0.15) is 56.5 Å². The molecule has 0 aliphatic heterocycles. The molecule has 3 rings (SSSR count). The van der Waals surface area contributed by atoms with Gasteiger partial charge in [0.2, 0.25) is 0 Å². The molecular formula is C18H24N2. The maximum Gasteiger partial charge on any atom is 0.0489 e. The Morgan fingerprint density at radius 1 is 1.15 bits per heavy atom. The van der Waals surface area contributed by atoms with Crippen molar-refractivity contribution in [3.8, 4) is 5.69 Å². The fourth-order valence-corrected chi connectivity index (χ4v) is 3.27. The van der Waals surface area contributed by atoms with E-state index in [4.69, 9.17) is 5.73 Å². The van der Waals surface area contributed by atoms with Crippen molar-refractivity contribution in [1.29, 1.82) is 0 Å². The number of aromatic nitrogens is 1. The molecule has 2 nitrogen and oxygen atoms in total. The normalized spacial score (nSPS) is 18.9. The summed E-state index contributed by atoms with van der Waals surface area (Å²) in [6.45, 7) is 6.81. The molecule has 0 amide bonds. The topological polar surface area (TPSA) is 30.9 Å². The van der Waals surface area contributed by atoms with Crippen LogP contribution < -0.4 is 5.73 Å². The highest BCUT2D eigenvalue weighted by molar-refractivity contribution is 5.48. The Kier molecular flexibility index (Phi) is 3.21. The molecule has 1 aromatic heterocycles. The summed E-state index contributed by atoms with van der Waals surface area (Å²) in [7, 11) is 0. The number of benzene rings is 1. The van der Waals surface area contributed by atoms with Crippen LogP contribution in [0.2, 0.25) is 0 Å². The summed E-state index contributed by atoms with van der Waals surface area (Å²) in [6, 6.07) is 11.1. The quantitative estimate of drug-likeness (QED) is 0.829. The fourth-order valence-electron chi connectivity index (χ4n) is 3.27. The summed E-state index contributed by atoms with van der Waals surface area (Å²) < 4.78 is 2.36. The molecule has 2 aromatic rings. The molecule has 0 bridgehead atoms. The second-order valence-corrected chi connectivity index (χ2v) is 6.85. The van der Waals surface area contributed by atoms with E-state index >= 15 is 0 Å². The third-order valence-corrected chi connectivity index (χ3v) is 4.33. The summed E-state index contributed by atoms with van der Waals surface area (Å²) in [5.74, 6) is 0. The molecule has 1 unspecified atom stereocenters. The largest absolute Gasteiger partial charge is 0.324 e. The van der Waals surface area contributed by atoms with Crippen LogP contribution in [0.3, 0.4) is 0 Å². The Morgan fingerprint density at radius 2 is 1.90 bits per heavy atom. The van der Waals surface area contributed by atoms with Crippen LogP contribution >= 0.6 is 0 Å². The molecule has 2 N–H and O–H groups in total. The molecule has 0 saturated carbocycles. The van der Waals surface area contributed by atoms with Crippen LogP contribution in [0.4, 0.5) is 0 Å². The van der Waals surface area contributed by atoms with Gasteiger partial charge in [0.15, 0.2) is 0 Å². The van der Waals surface area contributed by atoms with E-state index in [1.54, 1.807) is 0 Å². The number of hydrogen-bond donors (Lipinski definition) is 1. The van der Waals surface area contributed by atoms with E-state index in [1.807, 2.05) is 0 Å². The van der Waals surface area contributed by atoms with Gasteiger partial charge in [-0.25, -0.2) is 0 Å². The van der Waals surface area contributed by atoms with Crippen LogP contribution in [0.5, 0.6) is 0 Å². The molecule has 1 aliphatic carbocycles. The lowest BCUT2D eigenvalue weighted by Gasteiger charge is -2.26. The Bertz CT molecular complexity index is 617. The molecule has 106 valence electrons. The molecule has 0 radical (unpaired) electrons. The summed E-state index contributed by atoms with van der Waals surface area (Å²) in [5, 5.41) is 0. The van der Waals surface area contributed by atoms with Crippen LogP contribution in [-0.4, -0.2) is 4.57 Å². The molecule has 0 saturated heterocycles. The summed E-state index contributed by atoms with van der Waals surface area (Å²) >= 11 is 0. The first-order valence-corrected chi connectivity index (χ1v) is 7.54. The van der Waals surface area contributed by atoms with Gasteiger partial charge in [-0.05, 0) is 47.9 Å². The lowest BCUT2D eigenvalue weighted by molar-refractivity contribution is 0.555. The summed E-state index contributed by atoms with van der Waals surface area (Å²) in [4.78, 5) is 0. The van der Waals surface area contributed by atoms with E-state index in [9.17, 15) is 0 Å². The fraction of sp³-hybridized carbons (Fsp3) is 0.444. The molecule has 0 fully saturated rings. The molecule has 1 aliphatic rings. The zero-order valence-electron chi connectivity index (χ0n) is 12.7. The minimum atomic E-state index is 0.143. The maximum absolute atomic E-state index is 6.25. The third kappa shape index (κ3) is 2.18. The SMILES string of the molecule is CC(C)(C)c1ccccc1-n1ccc2c1CCCC2N. The Morgan fingerprint density at radius 3 is 2.65 bits per heavy atom. The van der Waals surface area contributed by atoms with Crippen molar-refractivity contribution in [2.45, 2.75) is 51.5 Å². The predicted molar refractivity (Wildman–Crippen MR) is 84.3 cm³/mol. The van der Waals surface area contributed by atoms with Crippen molar-refractivity contribution in [1.82, 2.24) is 4.57 Å². The minimum Gasteiger partial charge on any atom is -0.324 e. The van der Waals surface area contributed by atoms with E-state index in [0.717, 1.165) is 12.8 Å². The van der Waals surface area contributed by atoms with Gasteiger partial charge in [-0.2, -0.15) is 0 Å². The van der Waals surface area contributed by atoms with Gasteiger partial charge in [-0.1, -0.05) is 39.0 Å². The van der Waals surface area contributed by atoms with Crippen molar-refractivity contribution in [2.24, 2.45) is 5.73 Å². The highest BCUT2D eigenvalue weighted by atomic mass is 15.0. The van der Waals surface area contributed by atoms with E-state index in [0.29, 0.717) is 0 Å². The maximum atomic E-state index is 6.25. The highest BCUT2D eigenvalue weighted by Gasteiger charge is 2.24. The number of nitrogens with zero attached hydrogens (tertiary/aromatic N) is 1. The lowest BCUT2D eigenvalue weighted by Crippen LogP contribution is -2.19. The van der Waals surface area contributed by atoms with Gasteiger partial charge in [-0.15, -0.1) is 0 Å². The van der Waals surface area contributed by atoms with E-state index < -0.39 is 0 Å². The van der Waals surface area contributed by atoms with Crippen molar-refractivity contribution in [2.75, 3.05) is 0 Å². The van der Waals surface area contributed by atoms with Crippen LogP contribution in [-0.2, 0) is 11.8 Å². The van der Waals surface area contributed by atoms with Crippen molar-refractivity contribution in [3.05, 3.63) is 53.3 Å². The predicted octanol–water partition coefficient (Wildman–Crippen LogP) is 4.11. The van der Waals surface area contributed by atoms with Gasteiger partial charge >= 0.3 is 0 Å². The van der Waals surface area contributed by atoms with E-state index in [-0.39, 0.29) is 11.5 Å². The molecule has 2 heteroatoms. The second-order valence-electron chi connectivity index (χ2n) is 6.85. The monoisotopic (exact) mass is 268 g/mol. The molecular weight excluding hydrogens is 244 g/mol. The van der Waals surface area contributed by atoms with Gasteiger partial charge in [0, 0.05) is 23.6 Å². The lowest BCUT2D eigenvalue weighted by atomic mass is 9.85. The molecule has 1 aromatic carbocycles. The summed E-state index contributed by atoms with van der Waals surface area (Å²) in [6.07, 6.45) is 5.63. The van der Waals surface area contributed by atoms with Crippen molar-refractivity contribution < 1.29 is 0 Å². The number of nitrogens with two attached hydrogens (primary N) is 1. The number of fused-ring (bicyclic) bond motifs is 1. The van der Waals surface area contributed by atoms with Gasteiger partial charge in [0.05, 0.1) is 0 Å². The van der Waals surface area contributed by atoms with Crippen LogP contribution in [0, 0.1) is 0 Å². The first-order valence-electron chi connectivity index (χ1n) is 7.54. The van der Waals surface area contributed by atoms with Gasteiger partial charge in [-0.3, -0.25) is 0 Å². The number of rotatable bonds is 1. The molecule has 1 atom stereocenters. The average Bonchev–Trinajstić information content (AvgIpc) is 2.83. The van der Waals surface area contributed by atoms with Crippen LogP contribution in [0.15, 0.2) is 36.5 Å². The van der Waals surface area contributed by atoms with Gasteiger partial charge < -0.3 is 10.3 Å². The number of para-hydroxylation sites is 1. The number of hydrogen-bond acceptors (Lipinski definition) is 1. The Hall–Kier alpha value is -1.54. The first kappa shape index (κ1) is 13.4. The molecule has 1 heterocycles. The zero-order valence-corrected chi connectivity index (χ0v) is 12.7. The van der Waals surface area contributed by atoms with E-state index in [2.05, 4.69) is 61.9 Å². The van der Waals surface area contributed by atoms with E-state index in [1.165, 1.54) is 28.9 Å². The average molecular weight is 268 g/mol. The van der Waals surface area contributed by atoms with Gasteiger partial charge in [0.1, 0.15) is 0 Å². The Labute approximate surface area is 121 Å². The van der Waals surface area contributed by atoms with Gasteiger partial charge in [0.25, 0.3) is 0 Å². The minimum absolute atomic E-state index is 0.143. The molecule has 0 spiro atoms. The first-order chi connectivity index (χ1) is 9.48. The summed E-state index contributed by atoms with van der Waals surface area (Å²) in [5.41, 5.74) is 11.8. The van der Waals surface area contributed by atoms with Crippen LogP contribution in [0.25, 0.3) is 5.69 Å². The Balaban J connectivity index is 2.16. The van der Waals surface area contributed by atoms with Crippen molar-refractivity contribution >= 4 is 0 Å². The standard InChI is InChI=1S/C18H24N2/c1-18(2,3)14-7-4-5-9-17(14)20-12-11-13-15(19)8-6-10-16(13)20/h4-5,7,9,11-12,15H,6,8,10,19H2,1-3H3. The highest BCUT2D eigenvalue weighted by Crippen LogP contribution is 2.34. The smallest absolute Gasteiger partial charge is 0.0489 e. The third-order valence-electron chi connectivity index (χ3n) is 4.33. The zero-order chi connectivity index (χ0) is 14.3. The van der Waals surface area contributed by atoms with Crippen molar-refractivity contribution in [3.63, 3.8) is 0 Å².